The summed E-state index contributed by atoms with van der Waals surface area (Å²) in [6.45, 7) is 0. The van der Waals surface area contributed by atoms with Crippen LogP contribution in [0.1, 0.15) is 0 Å². The molecule has 0 radical (unpaired) electrons. The van der Waals surface area contributed by atoms with Gasteiger partial charge in [0.25, 0.3) is 0 Å². The second kappa shape index (κ2) is 17.3. The zero-order valence-corrected chi connectivity index (χ0v) is 25.5. The maximum atomic E-state index is 2.12. The van der Waals surface area contributed by atoms with Crippen molar-refractivity contribution in [3.8, 4) is 0 Å². The summed E-state index contributed by atoms with van der Waals surface area (Å²) in [5, 5.41) is 10.5. The van der Waals surface area contributed by atoms with Gasteiger partial charge < -0.3 is 0 Å². The molecule has 0 unspecified atom stereocenters. The highest BCUT2D eigenvalue weighted by atomic mass is 32.1. The second-order valence-electron chi connectivity index (χ2n) is 9.39. The van der Waals surface area contributed by atoms with Crippen molar-refractivity contribution in [1.29, 1.82) is 0 Å². The molecule has 0 fully saturated rings. The lowest BCUT2D eigenvalue weighted by atomic mass is 10.1. The third kappa shape index (κ3) is 9.27. The van der Waals surface area contributed by atoms with E-state index >= 15 is 0 Å². The summed E-state index contributed by atoms with van der Waals surface area (Å²) in [6, 6.07) is 66.9. The van der Waals surface area contributed by atoms with Crippen LogP contribution in [0.15, 0.2) is 194 Å². The molecule has 0 aliphatic carbocycles. The van der Waals surface area contributed by atoms with Crippen LogP contribution in [-0.2, 0) is 0 Å². The third-order valence-electron chi connectivity index (χ3n) is 6.63. The third-order valence-corrected chi connectivity index (χ3v) is 6.63. The van der Waals surface area contributed by atoms with Gasteiger partial charge >= 0.3 is 0 Å². The molecule has 2 heteroatoms. The van der Waals surface area contributed by atoms with Crippen molar-refractivity contribution in [2.24, 2.45) is 0 Å². The summed E-state index contributed by atoms with van der Waals surface area (Å²) >= 11 is 0. The number of hydrogen-bond acceptors (Lipinski definition) is 0. The van der Waals surface area contributed by atoms with E-state index in [0.717, 1.165) is 0 Å². The Hall–Kier alpha value is -4.50. The molecule has 0 heterocycles. The molecule has 0 bridgehead atoms. The zero-order valence-electron chi connectivity index (χ0n) is 23.5. The molecule has 0 spiro atoms. The number of rotatable bonds is 0. The fraction of sp³-hybridized carbons (Fsp3) is 0. The predicted octanol–water partition coefficient (Wildman–Crippen LogP) is 11.6. The molecule has 208 valence electrons. The van der Waals surface area contributed by atoms with Gasteiger partial charge in [-0.05, 0) is 43.1 Å². The smallest absolute Gasteiger partial charge is 0.0184 e. The molecule has 0 saturated carbocycles. The summed E-state index contributed by atoms with van der Waals surface area (Å²) in [6.07, 6.45) is 0. The van der Waals surface area contributed by atoms with E-state index in [2.05, 4.69) is 194 Å². The first-order valence-electron chi connectivity index (χ1n) is 13.6. The van der Waals surface area contributed by atoms with E-state index < -0.39 is 0 Å². The minimum atomic E-state index is 0. The van der Waals surface area contributed by atoms with E-state index in [1.54, 1.807) is 0 Å². The molecular formula is C40H36S2. The van der Waals surface area contributed by atoms with Crippen molar-refractivity contribution in [2.45, 2.75) is 0 Å². The summed E-state index contributed by atoms with van der Waals surface area (Å²) in [7, 11) is 0. The summed E-state index contributed by atoms with van der Waals surface area (Å²) < 4.78 is 0. The highest BCUT2D eigenvalue weighted by molar-refractivity contribution is 7.59. The second-order valence-corrected chi connectivity index (χ2v) is 9.39. The summed E-state index contributed by atoms with van der Waals surface area (Å²) in [5.74, 6) is 0. The monoisotopic (exact) mass is 580 g/mol. The Labute approximate surface area is 263 Å². The fourth-order valence-corrected chi connectivity index (χ4v) is 4.53. The minimum Gasteiger partial charge on any atom is -0.197 e. The Morgan fingerprint density at radius 2 is 0.214 bits per heavy atom. The van der Waals surface area contributed by atoms with Gasteiger partial charge in [-0.3, -0.25) is 0 Å². The minimum absolute atomic E-state index is 0. The van der Waals surface area contributed by atoms with Crippen LogP contribution in [0.4, 0.5) is 0 Å². The highest BCUT2D eigenvalue weighted by Crippen LogP contribution is 2.13. The van der Waals surface area contributed by atoms with Crippen molar-refractivity contribution in [2.75, 3.05) is 0 Å². The number of fused-ring (bicyclic) bond motifs is 4. The fourth-order valence-electron chi connectivity index (χ4n) is 4.53. The number of benzene rings is 8. The normalized spacial score (nSPS) is 9.52. The standard InChI is InChI=1S/4C10H8.2H2S/c4*1-2-6-10-8-4-3-7-9(10)5-1;;/h4*1-8H;2*1H2. The van der Waals surface area contributed by atoms with E-state index in [1.165, 1.54) is 43.1 Å². The van der Waals surface area contributed by atoms with Crippen LogP contribution in [0, 0.1) is 0 Å². The van der Waals surface area contributed by atoms with Crippen molar-refractivity contribution in [3.05, 3.63) is 194 Å². The highest BCUT2D eigenvalue weighted by Gasteiger charge is 1.87. The average molecular weight is 581 g/mol. The Balaban J connectivity index is 0.000000151. The van der Waals surface area contributed by atoms with Crippen LogP contribution < -0.4 is 0 Å². The van der Waals surface area contributed by atoms with Gasteiger partial charge in [0.05, 0.1) is 0 Å². The lowest BCUT2D eigenvalue weighted by Crippen LogP contribution is -1.67. The van der Waals surface area contributed by atoms with E-state index in [1.807, 2.05) is 0 Å². The molecule has 0 N–H and O–H groups in total. The molecular weight excluding hydrogens is 545 g/mol. The van der Waals surface area contributed by atoms with Gasteiger partial charge in [0.1, 0.15) is 0 Å². The first-order valence-corrected chi connectivity index (χ1v) is 13.6. The quantitative estimate of drug-likeness (QED) is 0.167. The summed E-state index contributed by atoms with van der Waals surface area (Å²) in [5.41, 5.74) is 0. The lowest BCUT2D eigenvalue weighted by molar-refractivity contribution is 1.75. The molecule has 0 nitrogen and oxygen atoms in total. The van der Waals surface area contributed by atoms with Gasteiger partial charge in [0.15, 0.2) is 0 Å². The Morgan fingerprint density at radius 3 is 0.286 bits per heavy atom. The van der Waals surface area contributed by atoms with Crippen LogP contribution in [0.5, 0.6) is 0 Å². The van der Waals surface area contributed by atoms with Crippen LogP contribution in [-0.4, -0.2) is 0 Å². The van der Waals surface area contributed by atoms with Crippen molar-refractivity contribution in [1.82, 2.24) is 0 Å². The zero-order chi connectivity index (χ0) is 27.2. The van der Waals surface area contributed by atoms with Gasteiger partial charge in [-0.2, -0.15) is 27.0 Å². The molecule has 0 saturated heterocycles. The van der Waals surface area contributed by atoms with E-state index in [-0.39, 0.29) is 27.0 Å². The molecule has 0 atom stereocenters. The van der Waals surface area contributed by atoms with Crippen LogP contribution in [0.3, 0.4) is 0 Å². The average Bonchev–Trinajstić information content (AvgIpc) is 3.06. The van der Waals surface area contributed by atoms with Gasteiger partial charge in [-0.25, -0.2) is 0 Å². The topological polar surface area (TPSA) is 0 Å². The first-order chi connectivity index (χ1) is 19.9. The van der Waals surface area contributed by atoms with E-state index in [0.29, 0.717) is 0 Å². The predicted molar refractivity (Wildman–Crippen MR) is 197 cm³/mol. The summed E-state index contributed by atoms with van der Waals surface area (Å²) in [4.78, 5) is 0. The molecule has 0 aliphatic heterocycles. The molecule has 0 aromatic heterocycles. The Kier molecular flexibility index (Phi) is 13.2. The van der Waals surface area contributed by atoms with Crippen LogP contribution in [0.25, 0.3) is 43.1 Å². The van der Waals surface area contributed by atoms with Gasteiger partial charge in [-0.15, -0.1) is 0 Å². The maximum Gasteiger partial charge on any atom is -0.0184 e. The van der Waals surface area contributed by atoms with Crippen molar-refractivity contribution >= 4 is 70.1 Å². The number of hydrogen-bond donors (Lipinski definition) is 0. The van der Waals surface area contributed by atoms with E-state index in [4.69, 9.17) is 0 Å². The van der Waals surface area contributed by atoms with Crippen molar-refractivity contribution < 1.29 is 0 Å². The first kappa shape index (κ1) is 32.0. The lowest BCUT2D eigenvalue weighted by Gasteiger charge is -1.92. The van der Waals surface area contributed by atoms with Crippen LogP contribution >= 0.6 is 27.0 Å². The Bertz CT molecular complexity index is 1380. The van der Waals surface area contributed by atoms with Gasteiger partial charge in [0.2, 0.25) is 0 Å². The maximum absolute atomic E-state index is 2.12. The largest absolute Gasteiger partial charge is 0.197 e. The van der Waals surface area contributed by atoms with Gasteiger partial charge in [0, 0.05) is 0 Å². The van der Waals surface area contributed by atoms with E-state index in [9.17, 15) is 0 Å². The van der Waals surface area contributed by atoms with Crippen molar-refractivity contribution in [3.63, 3.8) is 0 Å². The van der Waals surface area contributed by atoms with Gasteiger partial charge in [-0.1, -0.05) is 194 Å². The molecule has 8 aromatic rings. The SMILES string of the molecule is S.S.c1ccc2ccccc2c1.c1ccc2ccccc2c1.c1ccc2ccccc2c1.c1ccc2ccccc2c1. The Morgan fingerprint density at radius 1 is 0.143 bits per heavy atom. The molecule has 0 aliphatic rings. The van der Waals surface area contributed by atoms with Crippen LogP contribution in [0.2, 0.25) is 0 Å². The molecule has 0 amide bonds. The molecule has 8 aromatic carbocycles. The molecule has 42 heavy (non-hydrogen) atoms. The molecule has 8 rings (SSSR count).